The SMILES string of the molecule is C[C@H](O)[C@](COP1(=O)OCC[C@@H](c2ccc(C(F)(F)F)cc2)O1)(N=[N+]=[N-])OC(CO)n1ccc(=O)[nH]c1=O. The Bertz CT molecular complexity index is 1330. The van der Waals surface area contributed by atoms with E-state index in [2.05, 4.69) is 10.0 Å². The van der Waals surface area contributed by atoms with Crippen LogP contribution in [-0.2, 0) is 29.0 Å². The second-order valence-corrected chi connectivity index (χ2v) is 9.66. The van der Waals surface area contributed by atoms with Gasteiger partial charge in [-0.3, -0.25) is 27.9 Å². The van der Waals surface area contributed by atoms with Gasteiger partial charge in [0.15, 0.2) is 12.0 Å². The highest BCUT2D eigenvalue weighted by atomic mass is 31.2. The molecule has 2 heterocycles. The van der Waals surface area contributed by atoms with Crippen LogP contribution in [0.15, 0.2) is 51.2 Å². The molecule has 1 aromatic heterocycles. The Labute approximate surface area is 211 Å². The quantitative estimate of drug-likeness (QED) is 0.168. The first-order chi connectivity index (χ1) is 17.8. The lowest BCUT2D eigenvalue weighted by Gasteiger charge is -2.36. The molecule has 38 heavy (non-hydrogen) atoms. The Hall–Kier alpha value is -3.01. The summed E-state index contributed by atoms with van der Waals surface area (Å²) in [6, 6.07) is 4.92. The number of rotatable bonds is 10. The standard InChI is InChI=1S/C20H23F3N5O9P/c1-12(30)19(26-27-24,36-17(10-29)28-8-6-16(31)25-18(28)32)11-35-38(33)34-9-7-15(37-38)13-2-4-14(5-3-13)20(21,22)23/h2-6,8,12,15,17,29-30H,7,9-11H2,1H3,(H,25,31,32)/t12-,15-,17?,19+,38?/m0/s1. The fourth-order valence-electron chi connectivity index (χ4n) is 3.40. The maximum atomic E-state index is 13.2. The molecule has 3 rings (SSSR count). The Morgan fingerprint density at radius 3 is 2.55 bits per heavy atom. The van der Waals surface area contributed by atoms with Crippen LogP contribution in [0.3, 0.4) is 0 Å². The van der Waals surface area contributed by atoms with Crippen molar-refractivity contribution in [2.45, 2.75) is 43.7 Å². The number of halogens is 3. The summed E-state index contributed by atoms with van der Waals surface area (Å²) in [6.45, 7) is -0.937. The molecular weight excluding hydrogens is 542 g/mol. The Balaban J connectivity index is 1.82. The van der Waals surface area contributed by atoms with Crippen molar-refractivity contribution in [1.82, 2.24) is 9.55 Å². The molecule has 5 atom stereocenters. The van der Waals surface area contributed by atoms with Crippen LogP contribution in [0.1, 0.15) is 36.8 Å². The number of aliphatic hydroxyl groups is 2. The highest BCUT2D eigenvalue weighted by Crippen LogP contribution is 2.57. The van der Waals surface area contributed by atoms with E-state index in [0.29, 0.717) is 0 Å². The number of aromatic nitrogens is 2. The van der Waals surface area contributed by atoms with Crippen LogP contribution in [0.4, 0.5) is 13.2 Å². The summed E-state index contributed by atoms with van der Waals surface area (Å²) in [5.74, 6) is 0. The van der Waals surface area contributed by atoms with Gasteiger partial charge in [-0.2, -0.15) is 13.2 Å². The topological polar surface area (TPSA) is 198 Å². The van der Waals surface area contributed by atoms with Crippen LogP contribution in [0.5, 0.6) is 0 Å². The molecule has 14 nitrogen and oxygen atoms in total. The molecule has 1 aliphatic rings. The van der Waals surface area contributed by atoms with Crippen molar-refractivity contribution in [3.8, 4) is 0 Å². The molecule has 0 saturated carbocycles. The number of phosphoric acid groups is 1. The molecule has 0 spiro atoms. The fraction of sp³-hybridized carbons (Fsp3) is 0.500. The maximum absolute atomic E-state index is 13.2. The van der Waals surface area contributed by atoms with Crippen molar-refractivity contribution in [2.75, 3.05) is 19.8 Å². The van der Waals surface area contributed by atoms with E-state index in [1.54, 1.807) is 0 Å². The van der Waals surface area contributed by atoms with E-state index in [0.717, 1.165) is 48.0 Å². The molecule has 208 valence electrons. The predicted molar refractivity (Wildman–Crippen MR) is 121 cm³/mol. The number of H-pyrrole nitrogens is 1. The van der Waals surface area contributed by atoms with Crippen LogP contribution >= 0.6 is 7.82 Å². The number of nitrogens with one attached hydrogen (secondary N) is 1. The number of ether oxygens (including phenoxy) is 1. The number of nitrogens with zero attached hydrogens (tertiary/aromatic N) is 4. The first-order valence-electron chi connectivity index (χ1n) is 10.9. The van der Waals surface area contributed by atoms with Crippen molar-refractivity contribution in [2.24, 2.45) is 5.11 Å². The number of azide groups is 1. The van der Waals surface area contributed by atoms with Gasteiger partial charge in [-0.1, -0.05) is 17.2 Å². The van der Waals surface area contributed by atoms with E-state index in [9.17, 15) is 37.5 Å². The molecule has 0 amide bonds. The van der Waals surface area contributed by atoms with Gasteiger partial charge >= 0.3 is 19.7 Å². The lowest BCUT2D eigenvalue weighted by molar-refractivity contribution is -0.198. The van der Waals surface area contributed by atoms with Gasteiger partial charge in [-0.25, -0.2) is 9.36 Å². The third-order valence-electron chi connectivity index (χ3n) is 5.45. The van der Waals surface area contributed by atoms with E-state index in [4.69, 9.17) is 23.8 Å². The molecule has 1 aliphatic heterocycles. The summed E-state index contributed by atoms with van der Waals surface area (Å²) >= 11 is 0. The van der Waals surface area contributed by atoms with Crippen molar-refractivity contribution in [3.05, 3.63) is 78.9 Å². The average Bonchev–Trinajstić information content (AvgIpc) is 2.86. The van der Waals surface area contributed by atoms with Crippen LogP contribution in [0.2, 0.25) is 0 Å². The van der Waals surface area contributed by atoms with Crippen molar-refractivity contribution >= 4 is 7.82 Å². The third-order valence-corrected chi connectivity index (χ3v) is 6.91. The first-order valence-corrected chi connectivity index (χ1v) is 12.4. The summed E-state index contributed by atoms with van der Waals surface area (Å²) in [7, 11) is -4.45. The monoisotopic (exact) mass is 565 g/mol. The van der Waals surface area contributed by atoms with E-state index >= 15 is 0 Å². The predicted octanol–water partition coefficient (Wildman–Crippen LogP) is 2.75. The summed E-state index contributed by atoms with van der Waals surface area (Å²) in [6.07, 6.45) is -7.73. The first kappa shape index (κ1) is 29.5. The van der Waals surface area contributed by atoms with Gasteiger partial charge < -0.3 is 14.9 Å². The lowest BCUT2D eigenvalue weighted by Crippen LogP contribution is -2.49. The van der Waals surface area contributed by atoms with Gasteiger partial charge in [-0.05, 0) is 30.2 Å². The van der Waals surface area contributed by atoms with Crippen molar-refractivity contribution in [3.63, 3.8) is 0 Å². The highest BCUT2D eigenvalue weighted by molar-refractivity contribution is 7.48. The fourth-order valence-corrected chi connectivity index (χ4v) is 4.81. The van der Waals surface area contributed by atoms with E-state index in [-0.39, 0.29) is 18.6 Å². The van der Waals surface area contributed by atoms with Crippen LogP contribution < -0.4 is 11.2 Å². The molecule has 18 heteroatoms. The van der Waals surface area contributed by atoms with Gasteiger partial charge in [0.25, 0.3) is 5.56 Å². The number of alkyl halides is 3. The molecule has 2 aromatic rings. The molecule has 1 saturated heterocycles. The highest BCUT2D eigenvalue weighted by Gasteiger charge is 2.45. The van der Waals surface area contributed by atoms with Gasteiger partial charge in [0, 0.05) is 23.6 Å². The minimum atomic E-state index is -4.55. The molecule has 3 N–H and O–H groups in total. The van der Waals surface area contributed by atoms with E-state index in [1.807, 2.05) is 4.98 Å². The minimum absolute atomic E-state index is 0.120. The lowest BCUT2D eigenvalue weighted by atomic mass is 10.0. The zero-order chi connectivity index (χ0) is 28.1. The number of hydrogen-bond acceptors (Lipinski definition) is 10. The third kappa shape index (κ3) is 6.89. The molecule has 0 bridgehead atoms. The molecule has 0 radical (unpaired) electrons. The minimum Gasteiger partial charge on any atom is -0.392 e. The second-order valence-electron chi connectivity index (χ2n) is 8.04. The smallest absolute Gasteiger partial charge is 0.392 e. The maximum Gasteiger partial charge on any atom is 0.475 e. The normalized spacial score (nSPS) is 23.2. The molecule has 1 fully saturated rings. The molecule has 2 unspecified atom stereocenters. The zero-order valence-corrected chi connectivity index (χ0v) is 20.5. The number of aliphatic hydroxyl groups excluding tert-OH is 2. The average molecular weight is 565 g/mol. The number of phosphoric ester groups is 1. The summed E-state index contributed by atoms with van der Waals surface area (Å²) < 4.78 is 73.8. The van der Waals surface area contributed by atoms with Gasteiger partial charge in [-0.15, -0.1) is 0 Å². The summed E-state index contributed by atoms with van der Waals surface area (Å²) in [5.41, 5.74) is 4.33. The Kier molecular flexibility index (Phi) is 9.17. The zero-order valence-electron chi connectivity index (χ0n) is 19.6. The van der Waals surface area contributed by atoms with Gasteiger partial charge in [0.2, 0.25) is 0 Å². The van der Waals surface area contributed by atoms with Crippen molar-refractivity contribution in [1.29, 1.82) is 0 Å². The molecular formula is C20H23F3N5O9P. The molecule has 1 aromatic carbocycles. The van der Waals surface area contributed by atoms with Crippen molar-refractivity contribution < 1.29 is 46.3 Å². The van der Waals surface area contributed by atoms with Crippen LogP contribution in [0.25, 0.3) is 10.4 Å². The number of hydrogen-bond donors (Lipinski definition) is 3. The Morgan fingerprint density at radius 2 is 2.00 bits per heavy atom. The van der Waals surface area contributed by atoms with Gasteiger partial charge in [0.05, 0.1) is 37.6 Å². The van der Waals surface area contributed by atoms with Gasteiger partial charge in [0.1, 0.15) is 0 Å². The van der Waals surface area contributed by atoms with Crippen LogP contribution in [-0.4, -0.2) is 51.4 Å². The summed E-state index contributed by atoms with van der Waals surface area (Å²) in [5, 5.41) is 23.5. The molecule has 0 aliphatic carbocycles. The Morgan fingerprint density at radius 1 is 1.32 bits per heavy atom. The summed E-state index contributed by atoms with van der Waals surface area (Å²) in [4.78, 5) is 28.0. The van der Waals surface area contributed by atoms with E-state index < -0.39 is 68.2 Å². The van der Waals surface area contributed by atoms with E-state index in [1.165, 1.54) is 0 Å². The van der Waals surface area contributed by atoms with Crippen LogP contribution in [0, 0.1) is 0 Å². The number of benzene rings is 1. The largest absolute Gasteiger partial charge is 0.475 e. The second kappa shape index (κ2) is 11.8. The number of aromatic amines is 1.